The van der Waals surface area contributed by atoms with Crippen LogP contribution in [-0.4, -0.2) is 34.9 Å². The summed E-state index contributed by atoms with van der Waals surface area (Å²) in [6.07, 6.45) is 3.88. The number of hydrogen-bond donors (Lipinski definition) is 1. The van der Waals surface area contributed by atoms with Gasteiger partial charge in [-0.1, -0.05) is 41.6 Å². The molecule has 30 heavy (non-hydrogen) atoms. The van der Waals surface area contributed by atoms with Gasteiger partial charge in [0.25, 0.3) is 0 Å². The van der Waals surface area contributed by atoms with Gasteiger partial charge in [-0.05, 0) is 62.6 Å². The molecule has 3 aromatic rings. The molecule has 0 saturated carbocycles. The van der Waals surface area contributed by atoms with Gasteiger partial charge in [0.05, 0.1) is 11.4 Å². The monoisotopic (exact) mass is 418 g/mol. The third-order valence-corrected chi connectivity index (χ3v) is 6.13. The van der Waals surface area contributed by atoms with Crippen LogP contribution in [0, 0.1) is 6.92 Å². The Morgan fingerprint density at radius 1 is 0.933 bits per heavy atom. The Bertz CT molecular complexity index is 966. The van der Waals surface area contributed by atoms with E-state index in [9.17, 15) is 4.79 Å². The maximum absolute atomic E-state index is 12.1. The first-order chi connectivity index (χ1) is 14.7. The van der Waals surface area contributed by atoms with Gasteiger partial charge in [0.15, 0.2) is 0 Å². The second-order valence-corrected chi connectivity index (χ2v) is 8.55. The molecule has 0 aliphatic carbocycles. The standard InChI is InChI=1S/C24H26N4OS/c1-18-5-9-20(10-6-18)25-23(29)17-30-24-14-13-22(26-27-24)19-7-11-21(12-8-19)28-15-3-2-4-16-28/h5-14H,2-4,15-17H2,1H3,(H,25,29). The topological polar surface area (TPSA) is 58.1 Å². The summed E-state index contributed by atoms with van der Waals surface area (Å²) in [5.74, 6) is 0.245. The van der Waals surface area contributed by atoms with Crippen molar-refractivity contribution in [3.8, 4) is 11.3 Å². The summed E-state index contributed by atoms with van der Waals surface area (Å²) >= 11 is 1.38. The van der Waals surface area contributed by atoms with E-state index in [4.69, 9.17) is 0 Å². The van der Waals surface area contributed by atoms with Gasteiger partial charge < -0.3 is 10.2 Å². The number of nitrogens with one attached hydrogen (secondary N) is 1. The number of amides is 1. The van der Waals surface area contributed by atoms with Crippen LogP contribution >= 0.6 is 11.8 Å². The van der Waals surface area contributed by atoms with Crippen LogP contribution in [0.5, 0.6) is 0 Å². The normalized spacial score (nSPS) is 13.8. The number of carbonyl (C=O) groups excluding carboxylic acids is 1. The highest BCUT2D eigenvalue weighted by molar-refractivity contribution is 7.99. The van der Waals surface area contributed by atoms with Crippen LogP contribution in [0.15, 0.2) is 65.7 Å². The molecule has 2 aromatic carbocycles. The summed E-state index contributed by atoms with van der Waals surface area (Å²) in [6.45, 7) is 4.30. The summed E-state index contributed by atoms with van der Waals surface area (Å²) < 4.78 is 0. The third kappa shape index (κ3) is 5.39. The first kappa shape index (κ1) is 20.4. The van der Waals surface area contributed by atoms with Crippen molar-refractivity contribution in [3.05, 3.63) is 66.2 Å². The van der Waals surface area contributed by atoms with E-state index in [1.54, 1.807) is 0 Å². The van der Waals surface area contributed by atoms with E-state index in [1.807, 2.05) is 43.3 Å². The minimum atomic E-state index is -0.0527. The zero-order valence-corrected chi connectivity index (χ0v) is 18.0. The molecule has 1 aliphatic rings. The molecule has 5 nitrogen and oxygen atoms in total. The van der Waals surface area contributed by atoms with Crippen LogP contribution < -0.4 is 10.2 Å². The highest BCUT2D eigenvalue weighted by atomic mass is 32.2. The molecular weight excluding hydrogens is 392 g/mol. The molecule has 0 radical (unpaired) electrons. The zero-order valence-electron chi connectivity index (χ0n) is 17.2. The van der Waals surface area contributed by atoms with Crippen molar-refractivity contribution in [3.63, 3.8) is 0 Å². The number of nitrogens with zero attached hydrogens (tertiary/aromatic N) is 3. The van der Waals surface area contributed by atoms with Crippen molar-refractivity contribution >= 4 is 29.0 Å². The molecule has 1 saturated heterocycles. The lowest BCUT2D eigenvalue weighted by atomic mass is 10.1. The first-order valence-corrected chi connectivity index (χ1v) is 11.3. The largest absolute Gasteiger partial charge is 0.372 e. The molecule has 1 fully saturated rings. The van der Waals surface area contributed by atoms with Gasteiger partial charge in [-0.3, -0.25) is 4.79 Å². The van der Waals surface area contributed by atoms with Crippen molar-refractivity contribution < 1.29 is 4.79 Å². The van der Waals surface area contributed by atoms with Crippen LogP contribution in [0.1, 0.15) is 24.8 Å². The van der Waals surface area contributed by atoms with Crippen LogP contribution in [-0.2, 0) is 4.79 Å². The number of aryl methyl sites for hydroxylation is 1. The van der Waals surface area contributed by atoms with Gasteiger partial charge in [-0.25, -0.2) is 0 Å². The van der Waals surface area contributed by atoms with Crippen LogP contribution in [0.2, 0.25) is 0 Å². The summed E-state index contributed by atoms with van der Waals surface area (Å²) in [7, 11) is 0. The van der Waals surface area contributed by atoms with Crippen molar-refractivity contribution in [2.45, 2.75) is 31.2 Å². The maximum atomic E-state index is 12.1. The van der Waals surface area contributed by atoms with Gasteiger partial charge in [-0.15, -0.1) is 10.2 Å². The lowest BCUT2D eigenvalue weighted by Crippen LogP contribution is -2.29. The van der Waals surface area contributed by atoms with Crippen molar-refractivity contribution in [1.29, 1.82) is 0 Å². The summed E-state index contributed by atoms with van der Waals surface area (Å²) in [6, 6.07) is 20.2. The van der Waals surface area contributed by atoms with Gasteiger partial charge in [-0.2, -0.15) is 0 Å². The predicted molar refractivity (Wildman–Crippen MR) is 124 cm³/mol. The van der Waals surface area contributed by atoms with Crippen molar-refractivity contribution in [2.24, 2.45) is 0 Å². The van der Waals surface area contributed by atoms with Gasteiger partial charge >= 0.3 is 0 Å². The Morgan fingerprint density at radius 3 is 2.33 bits per heavy atom. The fourth-order valence-corrected chi connectivity index (χ4v) is 4.13. The van der Waals surface area contributed by atoms with E-state index < -0.39 is 0 Å². The van der Waals surface area contributed by atoms with E-state index >= 15 is 0 Å². The Labute approximate surface area is 181 Å². The lowest BCUT2D eigenvalue weighted by Gasteiger charge is -2.28. The predicted octanol–water partition coefficient (Wildman–Crippen LogP) is 5.17. The second kappa shape index (κ2) is 9.76. The average Bonchev–Trinajstić information content (AvgIpc) is 2.80. The maximum Gasteiger partial charge on any atom is 0.234 e. The Hall–Kier alpha value is -2.86. The molecule has 154 valence electrons. The van der Waals surface area contributed by atoms with E-state index in [0.29, 0.717) is 5.75 Å². The Kier molecular flexibility index (Phi) is 6.64. The van der Waals surface area contributed by atoms with E-state index in [0.717, 1.165) is 35.1 Å². The molecular formula is C24H26N4OS. The molecule has 1 N–H and O–H groups in total. The molecule has 4 rings (SSSR count). The fraction of sp³-hybridized carbons (Fsp3) is 0.292. The minimum absolute atomic E-state index is 0.0527. The molecule has 2 heterocycles. The number of anilines is 2. The third-order valence-electron chi connectivity index (χ3n) is 5.21. The van der Waals surface area contributed by atoms with Gasteiger partial charge in [0.2, 0.25) is 5.91 Å². The number of hydrogen-bond acceptors (Lipinski definition) is 5. The minimum Gasteiger partial charge on any atom is -0.372 e. The fourth-order valence-electron chi connectivity index (χ4n) is 3.52. The SMILES string of the molecule is Cc1ccc(NC(=O)CSc2ccc(-c3ccc(N4CCCCC4)cc3)nn2)cc1. The van der Waals surface area contributed by atoms with E-state index in [1.165, 1.54) is 42.3 Å². The van der Waals surface area contributed by atoms with Crippen LogP contribution in [0.4, 0.5) is 11.4 Å². The van der Waals surface area contributed by atoms with E-state index in [2.05, 4.69) is 44.7 Å². The number of piperidine rings is 1. The van der Waals surface area contributed by atoms with Crippen LogP contribution in [0.25, 0.3) is 11.3 Å². The molecule has 1 aromatic heterocycles. The molecule has 1 amide bonds. The highest BCUT2D eigenvalue weighted by Gasteiger charge is 2.11. The lowest BCUT2D eigenvalue weighted by molar-refractivity contribution is -0.113. The molecule has 6 heteroatoms. The smallest absolute Gasteiger partial charge is 0.234 e. The number of carbonyl (C=O) groups is 1. The van der Waals surface area contributed by atoms with Crippen molar-refractivity contribution in [1.82, 2.24) is 10.2 Å². The number of benzene rings is 2. The highest BCUT2D eigenvalue weighted by Crippen LogP contribution is 2.25. The Morgan fingerprint density at radius 2 is 1.67 bits per heavy atom. The van der Waals surface area contributed by atoms with E-state index in [-0.39, 0.29) is 5.91 Å². The molecule has 0 atom stereocenters. The molecule has 1 aliphatic heterocycles. The first-order valence-electron chi connectivity index (χ1n) is 10.4. The number of aromatic nitrogens is 2. The summed E-state index contributed by atoms with van der Waals surface area (Å²) in [5, 5.41) is 12.3. The zero-order chi connectivity index (χ0) is 20.8. The average molecular weight is 419 g/mol. The quantitative estimate of drug-likeness (QED) is 0.560. The summed E-state index contributed by atoms with van der Waals surface area (Å²) in [4.78, 5) is 14.6. The van der Waals surface area contributed by atoms with Crippen LogP contribution in [0.3, 0.4) is 0 Å². The number of rotatable bonds is 6. The molecule has 0 spiro atoms. The van der Waals surface area contributed by atoms with Gasteiger partial charge in [0, 0.05) is 30.0 Å². The second-order valence-electron chi connectivity index (χ2n) is 7.55. The van der Waals surface area contributed by atoms with Gasteiger partial charge in [0.1, 0.15) is 5.03 Å². The molecule has 0 bridgehead atoms. The van der Waals surface area contributed by atoms with Crippen molar-refractivity contribution in [2.75, 3.05) is 29.1 Å². The molecule has 0 unspecified atom stereocenters. The summed E-state index contributed by atoms with van der Waals surface area (Å²) in [5.41, 5.74) is 5.14. The Balaban J connectivity index is 1.31. The number of thioether (sulfide) groups is 1.